The number of rotatable bonds is 4. The predicted molar refractivity (Wildman–Crippen MR) is 88.5 cm³/mol. The second-order valence-corrected chi connectivity index (χ2v) is 5.06. The van der Waals surface area contributed by atoms with E-state index in [4.69, 9.17) is 5.73 Å². The molecule has 25 heavy (non-hydrogen) atoms. The smallest absolute Gasteiger partial charge is 0.434 e. The van der Waals surface area contributed by atoms with Crippen molar-refractivity contribution in [2.24, 2.45) is 10.7 Å². The van der Waals surface area contributed by atoms with Crippen LogP contribution in [0.4, 0.5) is 18.9 Å². The number of hydrogen-bond acceptors (Lipinski definition) is 5. The molecule has 5 nitrogen and oxygen atoms in total. The van der Waals surface area contributed by atoms with Crippen molar-refractivity contribution >= 4 is 28.3 Å². The molecule has 0 aliphatic carbocycles. The molecule has 0 radical (unpaired) electrons. The topological polar surface area (TPSA) is 77.6 Å². The van der Waals surface area contributed by atoms with Crippen LogP contribution in [0.1, 0.15) is 12.5 Å². The number of nitrogens with two attached hydrogens (primary N) is 1. The lowest BCUT2D eigenvalue weighted by atomic mass is 10.1. The molecule has 0 atom stereocenters. The van der Waals surface area contributed by atoms with Gasteiger partial charge in [-0.25, -0.2) is 9.79 Å². The third kappa shape index (κ3) is 3.96. The molecule has 1 aromatic carbocycles. The van der Waals surface area contributed by atoms with Gasteiger partial charge in [0.2, 0.25) is 0 Å². The van der Waals surface area contributed by atoms with Crippen molar-refractivity contribution in [1.29, 1.82) is 0 Å². The fourth-order valence-electron chi connectivity index (χ4n) is 2.23. The number of benzene rings is 1. The lowest BCUT2D eigenvalue weighted by Crippen LogP contribution is -2.30. The third-order valence-electron chi connectivity index (χ3n) is 3.37. The van der Waals surface area contributed by atoms with E-state index in [2.05, 4.69) is 14.7 Å². The molecule has 1 aromatic heterocycles. The molecule has 0 amide bonds. The van der Waals surface area contributed by atoms with Gasteiger partial charge >= 0.3 is 12.1 Å². The van der Waals surface area contributed by atoms with E-state index in [9.17, 15) is 18.0 Å². The molecule has 1 heterocycles. The lowest BCUT2D eigenvalue weighted by molar-refractivity contribution is -0.138. The fourth-order valence-corrected chi connectivity index (χ4v) is 2.23. The van der Waals surface area contributed by atoms with Crippen LogP contribution in [0.5, 0.6) is 0 Å². The molecular formula is C17H16F3N3O2. The number of pyridine rings is 1. The second kappa shape index (κ2) is 7.33. The van der Waals surface area contributed by atoms with Gasteiger partial charge in [-0.05, 0) is 37.6 Å². The number of fused-ring (bicyclic) bond motifs is 1. The number of nitrogens with zero attached hydrogens (tertiary/aromatic N) is 2. The SMILES string of the molecule is CCOC(=O)C(=CN)C(=Nc1c(C)ccc2ncccc12)C(F)(F)F. The quantitative estimate of drug-likeness (QED) is 0.519. The highest BCUT2D eigenvalue weighted by molar-refractivity contribution is 6.23. The van der Waals surface area contributed by atoms with Crippen LogP contribution in [0.15, 0.2) is 47.2 Å². The molecule has 0 aliphatic rings. The van der Waals surface area contributed by atoms with E-state index in [0.29, 0.717) is 22.7 Å². The molecule has 2 rings (SSSR count). The Balaban J connectivity index is 2.72. The summed E-state index contributed by atoms with van der Waals surface area (Å²) in [5.74, 6) is -1.18. The maximum atomic E-state index is 13.5. The molecular weight excluding hydrogens is 335 g/mol. The van der Waals surface area contributed by atoms with Crippen molar-refractivity contribution in [3.63, 3.8) is 0 Å². The molecule has 2 aromatic rings. The van der Waals surface area contributed by atoms with Crippen LogP contribution in [-0.4, -0.2) is 29.4 Å². The minimum atomic E-state index is -4.89. The molecule has 0 saturated heterocycles. The number of carbonyl (C=O) groups excluding carboxylic acids is 1. The Hall–Kier alpha value is -2.90. The highest BCUT2D eigenvalue weighted by atomic mass is 19.4. The predicted octanol–water partition coefficient (Wildman–Crippen LogP) is 3.58. The average molecular weight is 351 g/mol. The minimum absolute atomic E-state index is 0.0709. The summed E-state index contributed by atoms with van der Waals surface area (Å²) in [4.78, 5) is 19.7. The van der Waals surface area contributed by atoms with E-state index < -0.39 is 23.4 Å². The van der Waals surface area contributed by atoms with Crippen molar-refractivity contribution in [1.82, 2.24) is 4.98 Å². The molecule has 2 N–H and O–H groups in total. The van der Waals surface area contributed by atoms with E-state index in [1.807, 2.05) is 0 Å². The van der Waals surface area contributed by atoms with Crippen LogP contribution >= 0.6 is 0 Å². The highest BCUT2D eigenvalue weighted by Crippen LogP contribution is 2.32. The Kier molecular flexibility index (Phi) is 5.41. The summed E-state index contributed by atoms with van der Waals surface area (Å²) in [6.07, 6.45) is -2.81. The van der Waals surface area contributed by atoms with E-state index >= 15 is 0 Å². The monoisotopic (exact) mass is 351 g/mol. The standard InChI is InChI=1S/C17H16F3N3O2/c1-3-25-16(24)12(9-21)15(17(18,19)20)23-14-10(2)6-7-13-11(14)5-4-8-22-13/h4-9H,3,21H2,1-2H3. The zero-order valence-electron chi connectivity index (χ0n) is 13.6. The molecule has 0 spiro atoms. The summed E-state index contributed by atoms with van der Waals surface area (Å²) >= 11 is 0. The summed E-state index contributed by atoms with van der Waals surface area (Å²) in [6, 6.07) is 6.50. The van der Waals surface area contributed by atoms with E-state index in [0.717, 1.165) is 0 Å². The maximum Gasteiger partial charge on any atom is 0.434 e. The zero-order valence-corrected chi connectivity index (χ0v) is 13.6. The Bertz CT molecular complexity index is 858. The molecule has 0 bridgehead atoms. The van der Waals surface area contributed by atoms with Gasteiger partial charge in [-0.3, -0.25) is 4.98 Å². The van der Waals surface area contributed by atoms with Crippen LogP contribution in [-0.2, 0) is 9.53 Å². The average Bonchev–Trinajstić information content (AvgIpc) is 2.56. The van der Waals surface area contributed by atoms with Crippen LogP contribution in [0.25, 0.3) is 10.9 Å². The van der Waals surface area contributed by atoms with Gasteiger partial charge in [-0.1, -0.05) is 6.07 Å². The Labute approximate surface area is 142 Å². The first-order chi connectivity index (χ1) is 11.8. The molecule has 132 valence electrons. The van der Waals surface area contributed by atoms with Gasteiger partial charge in [0.1, 0.15) is 5.57 Å². The fraction of sp³-hybridized carbons (Fsp3) is 0.235. The number of hydrogen-bond donors (Lipinski definition) is 1. The number of aryl methyl sites for hydroxylation is 1. The first-order valence-corrected chi connectivity index (χ1v) is 7.39. The van der Waals surface area contributed by atoms with Crippen molar-refractivity contribution in [3.8, 4) is 0 Å². The first-order valence-electron chi connectivity index (χ1n) is 7.39. The van der Waals surface area contributed by atoms with Gasteiger partial charge in [0.25, 0.3) is 0 Å². The van der Waals surface area contributed by atoms with Crippen molar-refractivity contribution in [2.75, 3.05) is 6.61 Å². The Morgan fingerprint density at radius 3 is 2.68 bits per heavy atom. The van der Waals surface area contributed by atoms with Gasteiger partial charge < -0.3 is 10.5 Å². The molecule has 0 saturated carbocycles. The number of esters is 1. The zero-order chi connectivity index (χ0) is 18.6. The summed E-state index contributed by atoms with van der Waals surface area (Å²) in [5, 5.41) is 0.435. The lowest BCUT2D eigenvalue weighted by Gasteiger charge is -2.14. The molecule has 0 fully saturated rings. The van der Waals surface area contributed by atoms with Gasteiger partial charge in [-0.15, -0.1) is 0 Å². The van der Waals surface area contributed by atoms with Crippen molar-refractivity contribution < 1.29 is 22.7 Å². The first kappa shape index (κ1) is 18.4. The summed E-state index contributed by atoms with van der Waals surface area (Å²) < 4.78 is 45.2. The third-order valence-corrected chi connectivity index (χ3v) is 3.37. The number of aromatic nitrogens is 1. The summed E-state index contributed by atoms with van der Waals surface area (Å²) in [6.45, 7) is 3.02. The van der Waals surface area contributed by atoms with E-state index in [1.165, 1.54) is 13.1 Å². The van der Waals surface area contributed by atoms with Crippen LogP contribution in [0, 0.1) is 6.92 Å². The molecule has 8 heteroatoms. The van der Waals surface area contributed by atoms with E-state index in [1.54, 1.807) is 31.2 Å². The number of carbonyl (C=O) groups is 1. The number of alkyl halides is 3. The normalized spacial score (nSPS) is 13.2. The van der Waals surface area contributed by atoms with Crippen LogP contribution in [0.3, 0.4) is 0 Å². The maximum absolute atomic E-state index is 13.5. The summed E-state index contributed by atoms with van der Waals surface area (Å²) in [7, 11) is 0. The molecule has 0 unspecified atom stereocenters. The molecule has 0 aliphatic heterocycles. The van der Waals surface area contributed by atoms with Crippen molar-refractivity contribution in [2.45, 2.75) is 20.0 Å². The number of ether oxygens (including phenoxy) is 1. The Morgan fingerprint density at radius 2 is 2.08 bits per heavy atom. The number of aliphatic imine (C=N–C) groups is 1. The Morgan fingerprint density at radius 1 is 1.36 bits per heavy atom. The van der Waals surface area contributed by atoms with Crippen molar-refractivity contribution in [3.05, 3.63) is 47.8 Å². The largest absolute Gasteiger partial charge is 0.462 e. The van der Waals surface area contributed by atoms with Gasteiger partial charge in [0, 0.05) is 17.8 Å². The second-order valence-electron chi connectivity index (χ2n) is 5.06. The highest BCUT2D eigenvalue weighted by Gasteiger charge is 2.41. The van der Waals surface area contributed by atoms with Crippen LogP contribution in [0.2, 0.25) is 0 Å². The van der Waals surface area contributed by atoms with Gasteiger partial charge in [-0.2, -0.15) is 13.2 Å². The van der Waals surface area contributed by atoms with Gasteiger partial charge in [0.15, 0.2) is 5.71 Å². The van der Waals surface area contributed by atoms with E-state index in [-0.39, 0.29) is 12.3 Å². The minimum Gasteiger partial charge on any atom is -0.462 e. The number of halogens is 3. The van der Waals surface area contributed by atoms with Crippen LogP contribution < -0.4 is 5.73 Å². The van der Waals surface area contributed by atoms with Gasteiger partial charge in [0.05, 0.1) is 17.8 Å². The summed E-state index contributed by atoms with van der Waals surface area (Å²) in [5.41, 5.74) is 4.06.